The van der Waals surface area contributed by atoms with Crippen molar-refractivity contribution < 1.29 is 14.3 Å². The van der Waals surface area contributed by atoms with Crippen molar-refractivity contribution in [3.05, 3.63) is 101 Å². The summed E-state index contributed by atoms with van der Waals surface area (Å²) in [4.78, 5) is 28.6. The molecule has 0 saturated heterocycles. The van der Waals surface area contributed by atoms with Crippen LogP contribution in [0, 0.1) is 6.92 Å². The summed E-state index contributed by atoms with van der Waals surface area (Å²) in [6.07, 6.45) is 2.27. The molecule has 5 nitrogen and oxygen atoms in total. The van der Waals surface area contributed by atoms with Gasteiger partial charge in [-0.2, -0.15) is 0 Å². The normalized spacial score (nSPS) is 11.5. The predicted molar refractivity (Wildman–Crippen MR) is 141 cm³/mol. The molecule has 0 aliphatic heterocycles. The number of nitrogens with one attached hydrogen (secondary N) is 1. The van der Waals surface area contributed by atoms with Crippen molar-refractivity contribution in [2.45, 2.75) is 45.7 Å². The quantitative estimate of drug-likeness (QED) is 0.335. The fraction of sp³-hybridized carbons (Fsp3) is 0.310. The highest BCUT2D eigenvalue weighted by Crippen LogP contribution is 2.20. The van der Waals surface area contributed by atoms with Crippen LogP contribution in [0.5, 0.6) is 5.75 Å². The molecule has 0 spiro atoms. The number of hydrogen-bond donors (Lipinski definition) is 1. The molecule has 2 amide bonds. The lowest BCUT2D eigenvalue weighted by molar-refractivity contribution is -0.142. The molecule has 184 valence electrons. The van der Waals surface area contributed by atoms with E-state index in [9.17, 15) is 9.59 Å². The lowest BCUT2D eigenvalue weighted by Crippen LogP contribution is -2.52. The summed E-state index contributed by atoms with van der Waals surface area (Å²) in [6, 6.07) is 23.9. The number of rotatable bonds is 12. The molecular formula is C29H33ClN2O3. The average molecular weight is 493 g/mol. The molecule has 0 radical (unpaired) electrons. The van der Waals surface area contributed by atoms with Gasteiger partial charge in [-0.15, -0.1) is 0 Å². The Morgan fingerprint density at radius 3 is 2.46 bits per heavy atom. The second-order valence-electron chi connectivity index (χ2n) is 8.54. The van der Waals surface area contributed by atoms with Gasteiger partial charge in [0.25, 0.3) is 5.91 Å². The van der Waals surface area contributed by atoms with E-state index < -0.39 is 6.04 Å². The van der Waals surface area contributed by atoms with E-state index in [-0.39, 0.29) is 18.4 Å². The number of benzene rings is 3. The highest BCUT2D eigenvalue weighted by molar-refractivity contribution is 6.30. The van der Waals surface area contributed by atoms with E-state index in [0.29, 0.717) is 30.3 Å². The second kappa shape index (κ2) is 13.5. The lowest BCUT2D eigenvalue weighted by atomic mass is 10.0. The fourth-order valence-electron chi connectivity index (χ4n) is 3.82. The second-order valence-corrected chi connectivity index (χ2v) is 8.98. The molecule has 1 N–H and O–H groups in total. The van der Waals surface area contributed by atoms with Crippen LogP contribution >= 0.6 is 11.6 Å². The Morgan fingerprint density at radius 2 is 1.74 bits per heavy atom. The van der Waals surface area contributed by atoms with Gasteiger partial charge >= 0.3 is 0 Å². The maximum atomic E-state index is 13.6. The summed E-state index contributed by atoms with van der Waals surface area (Å²) in [5.41, 5.74) is 3.04. The Morgan fingerprint density at radius 1 is 1.00 bits per heavy atom. The standard InChI is InChI=1S/C29H33ClN2O3/c1-3-4-17-31-29(34)27(18-23-12-6-5-7-13-23)32(20-24-14-9-8-11-22(24)2)28(33)21-35-26-16-10-15-25(30)19-26/h5-16,19,27H,3-4,17-18,20-21H2,1-2H3,(H,31,34)/t27-/m1/s1. The van der Waals surface area contributed by atoms with Crippen LogP contribution in [0.15, 0.2) is 78.9 Å². The number of halogens is 1. The number of unbranched alkanes of at least 4 members (excludes halogenated alkanes) is 1. The van der Waals surface area contributed by atoms with Crippen molar-refractivity contribution in [3.8, 4) is 5.75 Å². The van der Waals surface area contributed by atoms with Gasteiger partial charge < -0.3 is 15.0 Å². The summed E-state index contributed by atoms with van der Waals surface area (Å²) in [6.45, 7) is 4.78. The Hall–Kier alpha value is -3.31. The highest BCUT2D eigenvalue weighted by atomic mass is 35.5. The number of nitrogens with zero attached hydrogens (tertiary/aromatic N) is 1. The maximum absolute atomic E-state index is 13.6. The molecule has 0 unspecified atom stereocenters. The van der Waals surface area contributed by atoms with Crippen LogP contribution < -0.4 is 10.1 Å². The third kappa shape index (κ3) is 8.15. The molecule has 0 aromatic heterocycles. The number of carbonyl (C=O) groups is 2. The third-order valence-electron chi connectivity index (χ3n) is 5.86. The highest BCUT2D eigenvalue weighted by Gasteiger charge is 2.30. The zero-order valence-corrected chi connectivity index (χ0v) is 21.1. The molecular weight excluding hydrogens is 460 g/mol. The van der Waals surface area contributed by atoms with E-state index in [1.165, 1.54) is 0 Å². The number of amides is 2. The van der Waals surface area contributed by atoms with E-state index in [2.05, 4.69) is 12.2 Å². The van der Waals surface area contributed by atoms with Gasteiger partial charge in [-0.05, 0) is 48.2 Å². The van der Waals surface area contributed by atoms with Gasteiger partial charge in [-0.3, -0.25) is 9.59 Å². The zero-order valence-electron chi connectivity index (χ0n) is 20.4. The summed E-state index contributed by atoms with van der Waals surface area (Å²) in [7, 11) is 0. The van der Waals surface area contributed by atoms with Crippen LogP contribution in [0.4, 0.5) is 0 Å². The zero-order chi connectivity index (χ0) is 25.0. The number of hydrogen-bond acceptors (Lipinski definition) is 3. The average Bonchev–Trinajstić information content (AvgIpc) is 2.86. The van der Waals surface area contributed by atoms with Gasteiger partial charge in [0.15, 0.2) is 6.61 Å². The Balaban J connectivity index is 1.89. The molecule has 35 heavy (non-hydrogen) atoms. The van der Waals surface area contributed by atoms with E-state index >= 15 is 0 Å². The number of carbonyl (C=O) groups excluding carboxylic acids is 2. The van der Waals surface area contributed by atoms with Crippen molar-refractivity contribution in [1.29, 1.82) is 0 Å². The molecule has 0 heterocycles. The van der Waals surface area contributed by atoms with Crippen LogP contribution in [0.25, 0.3) is 0 Å². The smallest absolute Gasteiger partial charge is 0.261 e. The Labute approximate surface area is 213 Å². The van der Waals surface area contributed by atoms with Crippen molar-refractivity contribution in [3.63, 3.8) is 0 Å². The van der Waals surface area contributed by atoms with Gasteiger partial charge in [0.05, 0.1) is 0 Å². The maximum Gasteiger partial charge on any atom is 0.261 e. The minimum Gasteiger partial charge on any atom is -0.484 e. The van der Waals surface area contributed by atoms with Crippen molar-refractivity contribution >= 4 is 23.4 Å². The number of aryl methyl sites for hydroxylation is 1. The molecule has 0 fully saturated rings. The van der Waals surface area contributed by atoms with Crippen LogP contribution in [0.2, 0.25) is 5.02 Å². The molecule has 0 bridgehead atoms. The molecule has 0 saturated carbocycles. The predicted octanol–water partition coefficient (Wildman–Crippen LogP) is 5.58. The topological polar surface area (TPSA) is 58.6 Å². The van der Waals surface area contributed by atoms with E-state index in [4.69, 9.17) is 16.3 Å². The molecule has 3 rings (SSSR count). The summed E-state index contributed by atoms with van der Waals surface area (Å²) in [5, 5.41) is 3.56. The van der Waals surface area contributed by atoms with Crippen LogP contribution in [-0.2, 0) is 22.6 Å². The van der Waals surface area contributed by atoms with E-state index in [0.717, 1.165) is 29.5 Å². The Kier molecular flexibility index (Phi) is 10.2. The van der Waals surface area contributed by atoms with Gasteiger partial charge in [0, 0.05) is 24.5 Å². The minimum absolute atomic E-state index is 0.160. The van der Waals surface area contributed by atoms with E-state index in [1.807, 2.05) is 61.5 Å². The molecule has 0 aliphatic carbocycles. The van der Waals surface area contributed by atoms with Crippen LogP contribution in [-0.4, -0.2) is 35.9 Å². The Bertz CT molecular complexity index is 1100. The summed E-state index contributed by atoms with van der Waals surface area (Å²) < 4.78 is 5.77. The van der Waals surface area contributed by atoms with Crippen molar-refractivity contribution in [2.75, 3.05) is 13.2 Å². The third-order valence-corrected chi connectivity index (χ3v) is 6.10. The first-order valence-electron chi connectivity index (χ1n) is 12.0. The first-order valence-corrected chi connectivity index (χ1v) is 12.4. The molecule has 0 aliphatic rings. The minimum atomic E-state index is -0.677. The van der Waals surface area contributed by atoms with Crippen LogP contribution in [0.3, 0.4) is 0 Å². The summed E-state index contributed by atoms with van der Waals surface area (Å²) >= 11 is 6.06. The fourth-order valence-corrected chi connectivity index (χ4v) is 4.00. The molecule has 6 heteroatoms. The largest absolute Gasteiger partial charge is 0.484 e. The SMILES string of the molecule is CCCCNC(=O)[C@@H](Cc1ccccc1)N(Cc1ccccc1C)C(=O)COc1cccc(Cl)c1. The first kappa shape index (κ1) is 26.3. The first-order chi connectivity index (χ1) is 17.0. The van der Waals surface area contributed by atoms with Gasteiger partial charge in [-0.1, -0.05) is 85.6 Å². The van der Waals surface area contributed by atoms with Gasteiger partial charge in [-0.25, -0.2) is 0 Å². The van der Waals surface area contributed by atoms with E-state index in [1.54, 1.807) is 29.2 Å². The lowest BCUT2D eigenvalue weighted by Gasteiger charge is -2.32. The van der Waals surface area contributed by atoms with Gasteiger partial charge in [0.2, 0.25) is 5.91 Å². The monoisotopic (exact) mass is 492 g/mol. The van der Waals surface area contributed by atoms with Crippen LogP contribution in [0.1, 0.15) is 36.5 Å². The van der Waals surface area contributed by atoms with Crippen molar-refractivity contribution in [1.82, 2.24) is 10.2 Å². The summed E-state index contributed by atoms with van der Waals surface area (Å²) in [5.74, 6) is 0.0838. The van der Waals surface area contributed by atoms with Crippen molar-refractivity contribution in [2.24, 2.45) is 0 Å². The molecule has 1 atom stereocenters. The molecule has 3 aromatic carbocycles. The number of ether oxygens (including phenoxy) is 1. The molecule has 3 aromatic rings. The van der Waals surface area contributed by atoms with Gasteiger partial charge in [0.1, 0.15) is 11.8 Å².